The number of halogens is 2. The van der Waals surface area contributed by atoms with E-state index in [0.29, 0.717) is 0 Å². The standard InChI is InChI=1S/C13H13Br2NO2S/c1-17-10-5-9(14)11(18-2)4-8(10)13(16)7-3-12(15)19-6-7/h3-6,13H,16H2,1-2H3. The van der Waals surface area contributed by atoms with Crippen LogP contribution >= 0.6 is 43.2 Å². The number of thiophene rings is 1. The number of ether oxygens (including phenoxy) is 2. The second-order valence-corrected chi connectivity index (χ2v) is 7.04. The van der Waals surface area contributed by atoms with Crippen molar-refractivity contribution >= 4 is 43.2 Å². The highest BCUT2D eigenvalue weighted by atomic mass is 79.9. The molecule has 2 aromatic rings. The van der Waals surface area contributed by atoms with Crippen molar-refractivity contribution in [2.45, 2.75) is 6.04 Å². The molecule has 1 unspecified atom stereocenters. The molecule has 0 aliphatic carbocycles. The Labute approximate surface area is 133 Å². The van der Waals surface area contributed by atoms with E-state index in [9.17, 15) is 0 Å². The molecule has 0 spiro atoms. The molecule has 0 amide bonds. The van der Waals surface area contributed by atoms with Gasteiger partial charge in [-0.3, -0.25) is 0 Å². The average Bonchev–Trinajstić information content (AvgIpc) is 2.84. The fraction of sp³-hybridized carbons (Fsp3) is 0.231. The summed E-state index contributed by atoms with van der Waals surface area (Å²) < 4.78 is 12.6. The number of rotatable bonds is 4. The molecule has 1 aromatic heterocycles. The Bertz CT molecular complexity index is 586. The van der Waals surface area contributed by atoms with Gasteiger partial charge in [0, 0.05) is 5.56 Å². The second kappa shape index (κ2) is 6.26. The van der Waals surface area contributed by atoms with Gasteiger partial charge in [0.15, 0.2) is 0 Å². The number of methoxy groups -OCH3 is 2. The third kappa shape index (κ3) is 3.13. The predicted molar refractivity (Wildman–Crippen MR) is 85.3 cm³/mol. The third-order valence-corrected chi connectivity index (χ3v) is 4.93. The zero-order valence-corrected chi connectivity index (χ0v) is 14.4. The summed E-state index contributed by atoms with van der Waals surface area (Å²) in [6.45, 7) is 0. The summed E-state index contributed by atoms with van der Waals surface area (Å²) in [6, 6.07) is 5.54. The highest BCUT2D eigenvalue weighted by molar-refractivity contribution is 9.11. The fourth-order valence-corrected chi connectivity index (χ4v) is 3.49. The lowest BCUT2D eigenvalue weighted by atomic mass is 10.0. The fourth-order valence-electron chi connectivity index (χ4n) is 1.79. The molecule has 0 radical (unpaired) electrons. The highest BCUT2D eigenvalue weighted by Gasteiger charge is 2.18. The predicted octanol–water partition coefficient (Wildman–Crippen LogP) is 4.34. The monoisotopic (exact) mass is 405 g/mol. The van der Waals surface area contributed by atoms with E-state index in [1.165, 1.54) is 0 Å². The number of nitrogens with two attached hydrogens (primary N) is 1. The van der Waals surface area contributed by atoms with Crippen molar-refractivity contribution in [2.75, 3.05) is 14.2 Å². The molecule has 1 aromatic carbocycles. The van der Waals surface area contributed by atoms with E-state index in [1.807, 2.05) is 23.6 Å². The summed E-state index contributed by atoms with van der Waals surface area (Å²) in [4.78, 5) is 0. The largest absolute Gasteiger partial charge is 0.496 e. The topological polar surface area (TPSA) is 44.5 Å². The van der Waals surface area contributed by atoms with E-state index in [-0.39, 0.29) is 6.04 Å². The van der Waals surface area contributed by atoms with Gasteiger partial charge in [-0.05, 0) is 61.0 Å². The molecule has 1 heterocycles. The lowest BCUT2D eigenvalue weighted by molar-refractivity contribution is 0.395. The second-order valence-electron chi connectivity index (χ2n) is 3.89. The maximum absolute atomic E-state index is 6.31. The zero-order valence-electron chi connectivity index (χ0n) is 10.4. The minimum absolute atomic E-state index is 0.250. The Hall–Kier alpha value is -0.560. The summed E-state index contributed by atoms with van der Waals surface area (Å²) in [7, 11) is 3.26. The maximum atomic E-state index is 6.31. The first-order chi connectivity index (χ1) is 9.06. The van der Waals surface area contributed by atoms with Crippen molar-refractivity contribution < 1.29 is 9.47 Å². The molecule has 102 valence electrons. The number of benzene rings is 1. The Balaban J connectivity index is 2.48. The van der Waals surface area contributed by atoms with Crippen LogP contribution in [0.15, 0.2) is 31.8 Å². The van der Waals surface area contributed by atoms with Gasteiger partial charge in [0.25, 0.3) is 0 Å². The molecule has 0 saturated heterocycles. The Morgan fingerprint density at radius 2 is 1.79 bits per heavy atom. The van der Waals surface area contributed by atoms with Gasteiger partial charge >= 0.3 is 0 Å². The highest BCUT2D eigenvalue weighted by Crippen LogP contribution is 2.38. The van der Waals surface area contributed by atoms with Gasteiger partial charge in [0.05, 0.1) is 28.5 Å². The molecule has 0 aliphatic heterocycles. The molecule has 6 heteroatoms. The van der Waals surface area contributed by atoms with Crippen LogP contribution in [0.4, 0.5) is 0 Å². The maximum Gasteiger partial charge on any atom is 0.133 e. The molecule has 19 heavy (non-hydrogen) atoms. The first-order valence-corrected chi connectivity index (χ1v) is 7.94. The Morgan fingerprint density at radius 1 is 1.11 bits per heavy atom. The van der Waals surface area contributed by atoms with Crippen LogP contribution in [0.5, 0.6) is 11.5 Å². The molecule has 2 rings (SSSR count). The zero-order chi connectivity index (χ0) is 14.0. The van der Waals surface area contributed by atoms with Crippen molar-refractivity contribution in [3.63, 3.8) is 0 Å². The number of hydrogen-bond donors (Lipinski definition) is 1. The lowest BCUT2D eigenvalue weighted by Gasteiger charge is -2.17. The molecule has 2 N–H and O–H groups in total. The van der Waals surface area contributed by atoms with Gasteiger partial charge in [-0.15, -0.1) is 11.3 Å². The lowest BCUT2D eigenvalue weighted by Crippen LogP contribution is -2.12. The molecular weight excluding hydrogens is 394 g/mol. The van der Waals surface area contributed by atoms with Gasteiger partial charge in [-0.2, -0.15) is 0 Å². The SMILES string of the molecule is COc1cc(C(N)c2csc(Br)c2)c(OC)cc1Br. The van der Waals surface area contributed by atoms with E-state index in [2.05, 4.69) is 31.9 Å². The molecule has 0 fully saturated rings. The van der Waals surface area contributed by atoms with Gasteiger partial charge in [-0.1, -0.05) is 0 Å². The normalized spacial score (nSPS) is 12.3. The van der Waals surface area contributed by atoms with Crippen LogP contribution in [-0.2, 0) is 0 Å². The van der Waals surface area contributed by atoms with Crippen molar-refractivity contribution in [3.8, 4) is 11.5 Å². The Kier molecular flexibility index (Phi) is 4.89. The van der Waals surface area contributed by atoms with E-state index < -0.39 is 0 Å². The van der Waals surface area contributed by atoms with Gasteiger partial charge in [0.1, 0.15) is 11.5 Å². The molecule has 0 aliphatic rings. The van der Waals surface area contributed by atoms with Crippen LogP contribution in [0.2, 0.25) is 0 Å². The summed E-state index contributed by atoms with van der Waals surface area (Å²) >= 11 is 8.50. The van der Waals surface area contributed by atoms with E-state index in [0.717, 1.165) is 30.9 Å². The number of hydrogen-bond acceptors (Lipinski definition) is 4. The van der Waals surface area contributed by atoms with Crippen LogP contribution < -0.4 is 15.2 Å². The summed E-state index contributed by atoms with van der Waals surface area (Å²) in [5.41, 5.74) is 8.25. The molecule has 0 saturated carbocycles. The first kappa shape index (κ1) is 14.8. The van der Waals surface area contributed by atoms with Crippen molar-refractivity contribution in [3.05, 3.63) is 43.0 Å². The molecular formula is C13H13Br2NO2S. The van der Waals surface area contributed by atoms with Gasteiger partial charge in [-0.25, -0.2) is 0 Å². The van der Waals surface area contributed by atoms with E-state index in [4.69, 9.17) is 15.2 Å². The van der Waals surface area contributed by atoms with Crippen molar-refractivity contribution in [1.82, 2.24) is 0 Å². The van der Waals surface area contributed by atoms with Gasteiger partial charge < -0.3 is 15.2 Å². The van der Waals surface area contributed by atoms with Crippen LogP contribution in [0.3, 0.4) is 0 Å². The molecule has 1 atom stereocenters. The van der Waals surface area contributed by atoms with Crippen molar-refractivity contribution in [2.24, 2.45) is 5.73 Å². The minimum Gasteiger partial charge on any atom is -0.496 e. The molecule has 3 nitrogen and oxygen atoms in total. The third-order valence-electron chi connectivity index (χ3n) is 2.79. The van der Waals surface area contributed by atoms with Crippen LogP contribution in [-0.4, -0.2) is 14.2 Å². The smallest absolute Gasteiger partial charge is 0.133 e. The summed E-state index contributed by atoms with van der Waals surface area (Å²) in [5, 5.41) is 2.03. The summed E-state index contributed by atoms with van der Waals surface area (Å²) in [6.07, 6.45) is 0. The van der Waals surface area contributed by atoms with E-state index in [1.54, 1.807) is 25.6 Å². The first-order valence-electron chi connectivity index (χ1n) is 5.47. The summed E-state index contributed by atoms with van der Waals surface area (Å²) in [5.74, 6) is 1.48. The van der Waals surface area contributed by atoms with Gasteiger partial charge in [0.2, 0.25) is 0 Å². The quantitative estimate of drug-likeness (QED) is 0.821. The molecule has 0 bridgehead atoms. The van der Waals surface area contributed by atoms with Crippen LogP contribution in [0.25, 0.3) is 0 Å². The van der Waals surface area contributed by atoms with E-state index >= 15 is 0 Å². The van der Waals surface area contributed by atoms with Crippen molar-refractivity contribution in [1.29, 1.82) is 0 Å². The van der Waals surface area contributed by atoms with Crippen LogP contribution in [0.1, 0.15) is 17.2 Å². The average molecular weight is 407 g/mol. The minimum atomic E-state index is -0.250. The Morgan fingerprint density at radius 3 is 2.32 bits per heavy atom. The van der Waals surface area contributed by atoms with Crippen LogP contribution in [0, 0.1) is 0 Å².